The summed E-state index contributed by atoms with van der Waals surface area (Å²) in [6, 6.07) is 12.6. The van der Waals surface area contributed by atoms with Gasteiger partial charge in [0, 0.05) is 85.8 Å². The van der Waals surface area contributed by atoms with Gasteiger partial charge >= 0.3 is 0 Å². The lowest BCUT2D eigenvalue weighted by molar-refractivity contribution is -0.120. The number of carbonyl (C=O) groups excluding carboxylic acids is 2. The topological polar surface area (TPSA) is 142 Å². The van der Waals surface area contributed by atoms with E-state index in [1.165, 1.54) is 6.20 Å². The van der Waals surface area contributed by atoms with E-state index in [2.05, 4.69) is 36.6 Å². The van der Waals surface area contributed by atoms with Crippen LogP contribution in [0.5, 0.6) is 5.88 Å². The molecule has 11 nitrogen and oxygen atoms in total. The minimum absolute atomic E-state index is 0.0224. The molecule has 0 aliphatic carbocycles. The Balaban J connectivity index is 1.17. The first-order valence-corrected chi connectivity index (χ1v) is 16.4. The zero-order chi connectivity index (χ0) is 33.6. The van der Waals surface area contributed by atoms with Crippen LogP contribution < -0.4 is 31.3 Å². The van der Waals surface area contributed by atoms with Gasteiger partial charge in [-0.25, -0.2) is 14.4 Å². The number of hydrogen-bond donors (Lipinski definition) is 5. The highest BCUT2D eigenvalue weighted by molar-refractivity contribution is 6.39. The van der Waals surface area contributed by atoms with E-state index in [1.54, 1.807) is 43.6 Å². The fourth-order valence-electron chi connectivity index (χ4n) is 5.83. The maximum Gasteiger partial charge on any atom is 0.220 e. The van der Waals surface area contributed by atoms with Crippen molar-refractivity contribution in [3.8, 4) is 28.4 Å². The molecule has 5 heterocycles. The first-order chi connectivity index (χ1) is 23.3. The quantitative estimate of drug-likeness (QED) is 0.129. The lowest BCUT2D eigenvalue weighted by atomic mass is 10.1. The van der Waals surface area contributed by atoms with Crippen molar-refractivity contribution in [3.63, 3.8) is 0 Å². The molecule has 14 heteroatoms. The number of benzene rings is 1. The van der Waals surface area contributed by atoms with Gasteiger partial charge in [-0.3, -0.25) is 14.6 Å². The minimum Gasteiger partial charge on any atom is -0.481 e. The van der Waals surface area contributed by atoms with Gasteiger partial charge in [-0.1, -0.05) is 41.4 Å². The van der Waals surface area contributed by atoms with Gasteiger partial charge in [0.25, 0.3) is 0 Å². The van der Waals surface area contributed by atoms with Crippen molar-refractivity contribution in [3.05, 3.63) is 81.8 Å². The molecule has 4 aromatic rings. The highest BCUT2D eigenvalue weighted by atomic mass is 35.5. The molecule has 2 fully saturated rings. The monoisotopic (exact) mass is 692 g/mol. The summed E-state index contributed by atoms with van der Waals surface area (Å²) < 4.78 is 21.1. The van der Waals surface area contributed by atoms with Gasteiger partial charge in [-0.2, -0.15) is 0 Å². The average Bonchev–Trinajstić information content (AvgIpc) is 3.70. The first-order valence-electron chi connectivity index (χ1n) is 15.7. The Morgan fingerprint density at radius 3 is 2.21 bits per heavy atom. The third-order valence-electron chi connectivity index (χ3n) is 8.36. The van der Waals surface area contributed by atoms with Gasteiger partial charge in [-0.05, 0) is 37.1 Å². The zero-order valence-corrected chi connectivity index (χ0v) is 27.7. The van der Waals surface area contributed by atoms with E-state index in [1.807, 2.05) is 12.1 Å². The van der Waals surface area contributed by atoms with E-state index in [4.69, 9.17) is 32.9 Å². The summed E-state index contributed by atoms with van der Waals surface area (Å²) in [4.78, 5) is 36.4. The number of anilines is 2. The highest BCUT2D eigenvalue weighted by Crippen LogP contribution is 2.41. The van der Waals surface area contributed by atoms with Gasteiger partial charge in [0.1, 0.15) is 0 Å². The van der Waals surface area contributed by atoms with Crippen LogP contribution in [-0.4, -0.2) is 59.0 Å². The smallest absolute Gasteiger partial charge is 0.220 e. The standard InChI is InChI=1S/C34H35Cl2FN8O3/c1-48-34-20(16-39-18-22-7-10-28(47)43-22)5-8-25(45-34)23-12-14-40-32(30(23)36)24-3-2-4-26(29(24)35)44-33-31(37)19(11-13-41-33)15-38-17-21-6-9-27(46)42-21/h2-5,8,11-14,21-22,38-39H,6-7,9-10,15-18H2,1H3,(H,41,44)(H,42,46)(H,43,47)/t21-,22+/m1/s1. The maximum absolute atomic E-state index is 15.5. The number of rotatable bonds is 13. The molecular formula is C34H35Cl2FN8O3. The molecule has 0 saturated carbocycles. The minimum atomic E-state index is -0.510. The Labute approximate surface area is 287 Å². The Kier molecular flexibility index (Phi) is 10.7. The number of carbonyl (C=O) groups is 2. The summed E-state index contributed by atoms with van der Waals surface area (Å²) in [5, 5.41) is 16.1. The molecule has 0 spiro atoms. The molecule has 2 saturated heterocycles. The van der Waals surface area contributed by atoms with Crippen molar-refractivity contribution in [1.82, 2.24) is 36.2 Å². The normalized spacial score (nSPS) is 17.3. The molecule has 0 radical (unpaired) electrons. The summed E-state index contributed by atoms with van der Waals surface area (Å²) in [6.07, 6.45) is 5.79. The molecule has 3 aromatic heterocycles. The van der Waals surface area contributed by atoms with Crippen molar-refractivity contribution >= 4 is 46.5 Å². The molecule has 250 valence electrons. The summed E-state index contributed by atoms with van der Waals surface area (Å²) in [5.41, 5.74) is 3.90. The van der Waals surface area contributed by atoms with Crippen LogP contribution in [0.4, 0.5) is 15.9 Å². The summed E-state index contributed by atoms with van der Waals surface area (Å²) in [7, 11) is 1.56. The SMILES string of the molecule is COc1nc(-c2ccnc(-c3cccc(Nc4nccc(CNC[C@H]5CCC(=O)N5)c4F)c3Cl)c2Cl)ccc1CNC[C@@H]1CCC(=O)N1. The van der Waals surface area contributed by atoms with Crippen molar-refractivity contribution < 1.29 is 18.7 Å². The van der Waals surface area contributed by atoms with Crippen LogP contribution in [0, 0.1) is 5.82 Å². The van der Waals surface area contributed by atoms with E-state index >= 15 is 4.39 Å². The molecule has 1 aromatic carbocycles. The van der Waals surface area contributed by atoms with E-state index in [9.17, 15) is 9.59 Å². The lowest BCUT2D eigenvalue weighted by Gasteiger charge is -2.16. The molecule has 5 N–H and O–H groups in total. The second kappa shape index (κ2) is 15.2. The third-order valence-corrected chi connectivity index (χ3v) is 9.15. The van der Waals surface area contributed by atoms with Crippen molar-refractivity contribution in [1.29, 1.82) is 0 Å². The van der Waals surface area contributed by atoms with Crippen molar-refractivity contribution in [2.24, 2.45) is 0 Å². The van der Waals surface area contributed by atoms with E-state index in [0.717, 1.165) is 18.4 Å². The molecule has 2 aliphatic heterocycles. The molecule has 2 aliphatic rings. The second-order valence-electron chi connectivity index (χ2n) is 11.7. The first kappa shape index (κ1) is 33.5. The highest BCUT2D eigenvalue weighted by Gasteiger charge is 2.22. The zero-order valence-electron chi connectivity index (χ0n) is 26.2. The number of aromatic nitrogens is 3. The van der Waals surface area contributed by atoms with Gasteiger partial charge in [0.05, 0.1) is 34.2 Å². The molecule has 2 amide bonds. The number of nitrogens with zero attached hydrogens (tertiary/aromatic N) is 3. The van der Waals surface area contributed by atoms with Crippen LogP contribution >= 0.6 is 23.2 Å². The van der Waals surface area contributed by atoms with Crippen LogP contribution in [-0.2, 0) is 22.7 Å². The Hall–Kier alpha value is -4.36. The van der Waals surface area contributed by atoms with Crippen molar-refractivity contribution in [2.75, 3.05) is 25.5 Å². The van der Waals surface area contributed by atoms with Crippen LogP contribution in [0.25, 0.3) is 22.5 Å². The van der Waals surface area contributed by atoms with Gasteiger partial charge in [-0.15, -0.1) is 0 Å². The average molecular weight is 694 g/mol. The number of hydrogen-bond acceptors (Lipinski definition) is 9. The van der Waals surface area contributed by atoms with Crippen molar-refractivity contribution in [2.45, 2.75) is 50.9 Å². The fourth-order valence-corrected chi connectivity index (χ4v) is 6.40. The number of amides is 2. The van der Waals surface area contributed by atoms with Crippen LogP contribution in [0.1, 0.15) is 36.8 Å². The molecule has 0 unspecified atom stereocenters. The summed E-state index contributed by atoms with van der Waals surface area (Å²) in [5.74, 6) is 0.0796. The summed E-state index contributed by atoms with van der Waals surface area (Å²) >= 11 is 13.8. The molecule has 48 heavy (non-hydrogen) atoms. The molecule has 6 rings (SSSR count). The predicted molar refractivity (Wildman–Crippen MR) is 183 cm³/mol. The number of nitrogens with one attached hydrogen (secondary N) is 5. The maximum atomic E-state index is 15.5. The molecular weight excluding hydrogens is 658 g/mol. The Bertz CT molecular complexity index is 1830. The Morgan fingerprint density at radius 1 is 0.854 bits per heavy atom. The van der Waals surface area contributed by atoms with Gasteiger partial charge in [0.2, 0.25) is 17.7 Å². The lowest BCUT2D eigenvalue weighted by Crippen LogP contribution is -2.35. The molecule has 2 atom stereocenters. The Morgan fingerprint density at radius 2 is 1.54 bits per heavy atom. The predicted octanol–water partition coefficient (Wildman–Crippen LogP) is 5.14. The van der Waals surface area contributed by atoms with E-state index < -0.39 is 5.82 Å². The number of pyridine rings is 3. The second-order valence-corrected chi connectivity index (χ2v) is 12.4. The van der Waals surface area contributed by atoms with Gasteiger partial charge < -0.3 is 31.3 Å². The van der Waals surface area contributed by atoms with Gasteiger partial charge in [0.15, 0.2) is 11.6 Å². The van der Waals surface area contributed by atoms with E-state index in [0.29, 0.717) is 77.1 Å². The van der Waals surface area contributed by atoms with Crippen LogP contribution in [0.3, 0.4) is 0 Å². The number of halogens is 3. The van der Waals surface area contributed by atoms with Crippen LogP contribution in [0.2, 0.25) is 10.0 Å². The third kappa shape index (κ3) is 7.68. The van der Waals surface area contributed by atoms with E-state index in [-0.39, 0.29) is 41.3 Å². The number of methoxy groups -OCH3 is 1. The molecule has 0 bridgehead atoms. The largest absolute Gasteiger partial charge is 0.481 e. The summed E-state index contributed by atoms with van der Waals surface area (Å²) in [6.45, 7) is 1.98. The number of ether oxygens (including phenoxy) is 1. The van der Waals surface area contributed by atoms with Crippen LogP contribution in [0.15, 0.2) is 54.9 Å². The fraction of sp³-hybridized carbons (Fsp3) is 0.324.